The number of para-hydroxylation sites is 1. The average molecular weight is 328 g/mol. The maximum Gasteiger partial charge on any atom is 0.254 e. The van der Waals surface area contributed by atoms with Gasteiger partial charge in [0.2, 0.25) is 0 Å². The van der Waals surface area contributed by atoms with Gasteiger partial charge < -0.3 is 5.32 Å². The van der Waals surface area contributed by atoms with Gasteiger partial charge in [-0.05, 0) is 24.3 Å². The van der Waals surface area contributed by atoms with Gasteiger partial charge in [-0.15, -0.1) is 0 Å². The topological polar surface area (TPSA) is 72.7 Å². The van der Waals surface area contributed by atoms with Gasteiger partial charge in [-0.1, -0.05) is 29.8 Å². The lowest BCUT2D eigenvalue weighted by Crippen LogP contribution is -2.26. The first-order valence-electron chi connectivity index (χ1n) is 7.09. The number of carbonyl (C=O) groups excluding carboxylic acids is 1. The number of hydrogen-bond acceptors (Lipinski definition) is 4. The number of nitrogens with zero attached hydrogens (tertiary/aromatic N) is 4. The third kappa shape index (κ3) is 3.73. The third-order valence-electron chi connectivity index (χ3n) is 3.20. The number of nitrogens with one attached hydrogen (secondary N) is 1. The van der Waals surface area contributed by atoms with Gasteiger partial charge in [0.15, 0.2) is 0 Å². The van der Waals surface area contributed by atoms with E-state index in [-0.39, 0.29) is 11.1 Å². The van der Waals surface area contributed by atoms with Gasteiger partial charge in [0.1, 0.15) is 5.15 Å². The fraction of sp³-hybridized carbons (Fsp3) is 0.125. The zero-order chi connectivity index (χ0) is 16.1. The summed E-state index contributed by atoms with van der Waals surface area (Å²) in [5.41, 5.74) is 2.05. The molecule has 6 nitrogen and oxygen atoms in total. The number of rotatable bonds is 5. The van der Waals surface area contributed by atoms with Gasteiger partial charge in [0.25, 0.3) is 5.91 Å². The van der Waals surface area contributed by atoms with Crippen LogP contribution >= 0.6 is 11.6 Å². The van der Waals surface area contributed by atoms with Crippen molar-refractivity contribution in [2.45, 2.75) is 6.42 Å². The van der Waals surface area contributed by atoms with E-state index in [9.17, 15) is 4.79 Å². The first kappa shape index (κ1) is 15.2. The van der Waals surface area contributed by atoms with Crippen molar-refractivity contribution in [1.29, 1.82) is 0 Å². The maximum atomic E-state index is 12.0. The molecular formula is C16H14ClN5O. The number of benzene rings is 1. The Kier molecular flexibility index (Phi) is 4.63. The van der Waals surface area contributed by atoms with Crippen LogP contribution in [-0.2, 0) is 6.42 Å². The van der Waals surface area contributed by atoms with Crippen LogP contribution in [0.15, 0.2) is 54.9 Å². The summed E-state index contributed by atoms with van der Waals surface area (Å²) in [5, 5.41) is 11.6. The highest BCUT2D eigenvalue weighted by Gasteiger charge is 2.10. The van der Waals surface area contributed by atoms with E-state index in [1.807, 2.05) is 30.3 Å². The van der Waals surface area contributed by atoms with Gasteiger partial charge in [0, 0.05) is 19.2 Å². The van der Waals surface area contributed by atoms with Crippen molar-refractivity contribution < 1.29 is 4.79 Å². The molecule has 0 saturated heterocycles. The second-order valence-corrected chi connectivity index (χ2v) is 5.17. The molecule has 0 aliphatic rings. The molecule has 0 spiro atoms. The fourth-order valence-electron chi connectivity index (χ4n) is 2.05. The summed E-state index contributed by atoms with van der Waals surface area (Å²) in [6.45, 7) is 0.442. The van der Waals surface area contributed by atoms with E-state index in [0.29, 0.717) is 18.5 Å². The second kappa shape index (κ2) is 7.02. The number of halogens is 1. The molecule has 2 aromatic heterocycles. The van der Waals surface area contributed by atoms with Crippen LogP contribution in [0.25, 0.3) is 5.69 Å². The predicted octanol–water partition coefficient (Wildman–Crippen LogP) is 2.29. The molecule has 0 unspecified atom stereocenters. The van der Waals surface area contributed by atoms with Gasteiger partial charge >= 0.3 is 0 Å². The molecule has 1 aromatic carbocycles. The van der Waals surface area contributed by atoms with Crippen molar-refractivity contribution in [3.8, 4) is 5.69 Å². The summed E-state index contributed by atoms with van der Waals surface area (Å²) in [6.07, 6.45) is 3.81. The predicted molar refractivity (Wildman–Crippen MR) is 86.6 cm³/mol. The van der Waals surface area contributed by atoms with Gasteiger partial charge in [-0.2, -0.15) is 15.0 Å². The minimum atomic E-state index is -0.251. The van der Waals surface area contributed by atoms with Crippen LogP contribution in [0.4, 0.5) is 0 Å². The highest BCUT2D eigenvalue weighted by atomic mass is 35.5. The summed E-state index contributed by atoms with van der Waals surface area (Å²) < 4.78 is 0. The van der Waals surface area contributed by atoms with E-state index >= 15 is 0 Å². The molecule has 0 bridgehead atoms. The Labute approximate surface area is 138 Å². The van der Waals surface area contributed by atoms with E-state index in [2.05, 4.69) is 20.5 Å². The van der Waals surface area contributed by atoms with Gasteiger partial charge in [-0.25, -0.2) is 4.98 Å². The molecule has 0 aliphatic carbocycles. The Morgan fingerprint density at radius 1 is 1.17 bits per heavy atom. The monoisotopic (exact) mass is 327 g/mol. The van der Waals surface area contributed by atoms with E-state index in [1.54, 1.807) is 29.3 Å². The smallest absolute Gasteiger partial charge is 0.254 e. The number of amides is 1. The van der Waals surface area contributed by atoms with Crippen LogP contribution in [0.3, 0.4) is 0 Å². The highest BCUT2D eigenvalue weighted by Crippen LogP contribution is 2.11. The zero-order valence-corrected chi connectivity index (χ0v) is 12.9. The summed E-state index contributed by atoms with van der Waals surface area (Å²) in [4.78, 5) is 17.5. The first-order valence-corrected chi connectivity index (χ1v) is 7.47. The molecule has 0 aliphatic heterocycles. The zero-order valence-electron chi connectivity index (χ0n) is 12.2. The SMILES string of the molecule is O=C(NCCc1cnn(-c2ccccc2)n1)c1cccnc1Cl. The molecule has 1 amide bonds. The molecule has 3 rings (SSSR count). The molecule has 116 valence electrons. The molecule has 2 heterocycles. The molecular weight excluding hydrogens is 314 g/mol. The molecule has 0 radical (unpaired) electrons. The highest BCUT2D eigenvalue weighted by molar-refractivity contribution is 6.32. The maximum absolute atomic E-state index is 12.0. The lowest BCUT2D eigenvalue weighted by Gasteiger charge is -2.04. The Bertz CT molecular complexity index is 803. The summed E-state index contributed by atoms with van der Waals surface area (Å²) >= 11 is 5.89. The molecule has 0 saturated carbocycles. The summed E-state index contributed by atoms with van der Waals surface area (Å²) in [6, 6.07) is 13.0. The van der Waals surface area contributed by atoms with Crippen LogP contribution in [0, 0.1) is 0 Å². The lowest BCUT2D eigenvalue weighted by atomic mass is 10.2. The summed E-state index contributed by atoms with van der Waals surface area (Å²) in [7, 11) is 0. The van der Waals surface area contributed by atoms with Crippen LogP contribution in [-0.4, -0.2) is 32.4 Å². The molecule has 0 fully saturated rings. The Morgan fingerprint density at radius 2 is 2.00 bits per heavy atom. The minimum Gasteiger partial charge on any atom is -0.352 e. The van der Waals surface area contributed by atoms with E-state index in [0.717, 1.165) is 11.4 Å². The van der Waals surface area contributed by atoms with Crippen molar-refractivity contribution >= 4 is 17.5 Å². The Balaban J connectivity index is 1.56. The normalized spacial score (nSPS) is 10.5. The number of pyridine rings is 1. The van der Waals surface area contributed by atoms with Crippen LogP contribution in [0.1, 0.15) is 16.1 Å². The van der Waals surface area contributed by atoms with E-state index in [1.165, 1.54) is 0 Å². The van der Waals surface area contributed by atoms with Gasteiger partial charge in [-0.3, -0.25) is 4.79 Å². The standard InChI is InChI=1S/C16H14ClN5O/c17-15-14(7-4-9-18-15)16(23)19-10-8-12-11-20-22(21-12)13-5-2-1-3-6-13/h1-7,9,11H,8,10H2,(H,19,23). The molecule has 3 aromatic rings. The van der Waals surface area contributed by atoms with Crippen molar-refractivity contribution in [2.24, 2.45) is 0 Å². The number of hydrogen-bond donors (Lipinski definition) is 1. The largest absolute Gasteiger partial charge is 0.352 e. The quantitative estimate of drug-likeness (QED) is 0.730. The van der Waals surface area contributed by atoms with Crippen molar-refractivity contribution in [3.05, 3.63) is 71.3 Å². The third-order valence-corrected chi connectivity index (χ3v) is 3.50. The van der Waals surface area contributed by atoms with Crippen LogP contribution in [0.5, 0.6) is 0 Å². The Morgan fingerprint density at radius 3 is 2.78 bits per heavy atom. The van der Waals surface area contributed by atoms with Crippen molar-refractivity contribution in [2.75, 3.05) is 6.54 Å². The minimum absolute atomic E-state index is 0.194. The average Bonchev–Trinajstić information content (AvgIpc) is 3.05. The van der Waals surface area contributed by atoms with E-state index in [4.69, 9.17) is 11.6 Å². The Hall–Kier alpha value is -2.73. The molecule has 23 heavy (non-hydrogen) atoms. The van der Waals surface area contributed by atoms with Crippen LogP contribution < -0.4 is 5.32 Å². The van der Waals surface area contributed by atoms with Crippen LogP contribution in [0.2, 0.25) is 5.15 Å². The second-order valence-electron chi connectivity index (χ2n) is 4.81. The number of carbonyl (C=O) groups is 1. The van der Waals surface area contributed by atoms with Crippen molar-refractivity contribution in [1.82, 2.24) is 25.3 Å². The van der Waals surface area contributed by atoms with Crippen molar-refractivity contribution in [3.63, 3.8) is 0 Å². The van der Waals surface area contributed by atoms with Gasteiger partial charge in [0.05, 0.1) is 23.1 Å². The first-order chi connectivity index (χ1) is 11.2. The molecule has 1 N–H and O–H groups in total. The van der Waals surface area contributed by atoms with E-state index < -0.39 is 0 Å². The molecule has 0 atom stereocenters. The molecule has 7 heteroatoms. The lowest BCUT2D eigenvalue weighted by molar-refractivity contribution is 0.0954. The summed E-state index contributed by atoms with van der Waals surface area (Å²) in [5.74, 6) is -0.251. The fourth-order valence-corrected chi connectivity index (χ4v) is 2.25. The number of aromatic nitrogens is 4.